The first-order chi connectivity index (χ1) is 13.6. The van der Waals surface area contributed by atoms with Gasteiger partial charge in [-0.2, -0.15) is 0 Å². The lowest BCUT2D eigenvalue weighted by Gasteiger charge is -2.32. The van der Waals surface area contributed by atoms with E-state index in [1.807, 2.05) is 12.1 Å². The van der Waals surface area contributed by atoms with Crippen LogP contribution in [0.4, 0.5) is 5.69 Å². The highest BCUT2D eigenvalue weighted by Gasteiger charge is 2.21. The smallest absolute Gasteiger partial charge is 0.227 e. The number of aryl methyl sites for hydroxylation is 1. The van der Waals surface area contributed by atoms with Gasteiger partial charge in [0.25, 0.3) is 0 Å². The average molecular weight is 384 g/mol. The van der Waals surface area contributed by atoms with E-state index in [2.05, 4.69) is 39.8 Å². The van der Waals surface area contributed by atoms with E-state index in [9.17, 15) is 4.79 Å². The van der Waals surface area contributed by atoms with Crippen LogP contribution in [0.3, 0.4) is 0 Å². The topological polar surface area (TPSA) is 53.4 Å². The highest BCUT2D eigenvalue weighted by molar-refractivity contribution is 5.94. The zero-order chi connectivity index (χ0) is 19.5. The van der Waals surface area contributed by atoms with Crippen LogP contribution in [0, 0.1) is 5.92 Å². The van der Waals surface area contributed by atoms with Crippen molar-refractivity contribution in [3.8, 4) is 0 Å². The molecule has 2 fully saturated rings. The van der Waals surface area contributed by atoms with Gasteiger partial charge in [-0.25, -0.2) is 4.98 Å². The molecule has 6 heteroatoms. The summed E-state index contributed by atoms with van der Waals surface area (Å²) < 4.78 is 2.19. The number of amides is 1. The number of imidazole rings is 1. The van der Waals surface area contributed by atoms with Crippen molar-refractivity contribution < 1.29 is 4.79 Å². The normalized spacial score (nSPS) is 19.9. The van der Waals surface area contributed by atoms with Gasteiger partial charge in [0.15, 0.2) is 0 Å². The summed E-state index contributed by atoms with van der Waals surface area (Å²) in [5.74, 6) is 1.46. The summed E-state index contributed by atoms with van der Waals surface area (Å²) >= 11 is 0. The number of nitrogens with one attached hydrogen (secondary N) is 1. The molecule has 0 atom stereocenters. The monoisotopic (exact) mass is 383 g/mol. The first kappa shape index (κ1) is 19.4. The van der Waals surface area contributed by atoms with Crippen molar-refractivity contribution in [3.05, 3.63) is 24.0 Å². The Morgan fingerprint density at radius 1 is 1.11 bits per heavy atom. The van der Waals surface area contributed by atoms with Gasteiger partial charge in [0, 0.05) is 57.8 Å². The van der Waals surface area contributed by atoms with Gasteiger partial charge in [-0.05, 0) is 38.1 Å². The van der Waals surface area contributed by atoms with E-state index in [0.717, 1.165) is 74.5 Å². The van der Waals surface area contributed by atoms with E-state index >= 15 is 0 Å². The quantitative estimate of drug-likeness (QED) is 0.863. The molecule has 1 saturated heterocycles. The number of hydrogen-bond donors (Lipinski definition) is 1. The molecule has 28 heavy (non-hydrogen) atoms. The van der Waals surface area contributed by atoms with Crippen molar-refractivity contribution in [1.82, 2.24) is 19.4 Å². The minimum absolute atomic E-state index is 0.172. The third kappa shape index (κ3) is 4.39. The highest BCUT2D eigenvalue weighted by atomic mass is 16.1. The van der Waals surface area contributed by atoms with Gasteiger partial charge in [-0.1, -0.05) is 19.3 Å². The number of carbonyl (C=O) groups is 1. The summed E-state index contributed by atoms with van der Waals surface area (Å²) in [6, 6.07) is 6.11. The van der Waals surface area contributed by atoms with E-state index in [-0.39, 0.29) is 11.8 Å². The van der Waals surface area contributed by atoms with Gasteiger partial charge in [-0.3, -0.25) is 4.79 Å². The van der Waals surface area contributed by atoms with E-state index in [0.29, 0.717) is 0 Å². The van der Waals surface area contributed by atoms with Gasteiger partial charge in [0.1, 0.15) is 5.82 Å². The fourth-order valence-corrected chi connectivity index (χ4v) is 4.49. The predicted molar refractivity (Wildman–Crippen MR) is 114 cm³/mol. The van der Waals surface area contributed by atoms with Crippen LogP contribution < -0.4 is 5.32 Å². The molecule has 4 rings (SSSR count). The number of likely N-dealkylation sites (N-methyl/N-ethyl adjacent to an activating group) is 1. The highest BCUT2D eigenvalue weighted by Crippen LogP contribution is 2.26. The number of nitrogens with zero attached hydrogens (tertiary/aromatic N) is 4. The molecule has 0 spiro atoms. The molecule has 2 heterocycles. The maximum atomic E-state index is 12.5. The first-order valence-electron chi connectivity index (χ1n) is 10.8. The lowest BCUT2D eigenvalue weighted by molar-refractivity contribution is -0.120. The van der Waals surface area contributed by atoms with E-state index in [1.54, 1.807) is 0 Å². The second-order valence-electron chi connectivity index (χ2n) is 8.51. The van der Waals surface area contributed by atoms with Gasteiger partial charge < -0.3 is 19.7 Å². The number of piperazine rings is 1. The molecule has 0 radical (unpaired) electrons. The maximum Gasteiger partial charge on any atom is 0.227 e. The van der Waals surface area contributed by atoms with Crippen LogP contribution >= 0.6 is 0 Å². The van der Waals surface area contributed by atoms with Crippen LogP contribution in [-0.4, -0.2) is 65.0 Å². The zero-order valence-electron chi connectivity index (χ0n) is 17.3. The number of hydrogen-bond acceptors (Lipinski definition) is 4. The van der Waals surface area contributed by atoms with Crippen molar-refractivity contribution in [2.75, 3.05) is 45.1 Å². The summed E-state index contributed by atoms with van der Waals surface area (Å²) in [4.78, 5) is 22.3. The minimum Gasteiger partial charge on any atom is -0.331 e. The van der Waals surface area contributed by atoms with E-state index in [4.69, 9.17) is 4.98 Å². The molecule has 152 valence electrons. The van der Waals surface area contributed by atoms with E-state index < -0.39 is 0 Å². The predicted octanol–water partition coefficient (Wildman–Crippen LogP) is 2.88. The fourth-order valence-electron chi connectivity index (χ4n) is 4.49. The van der Waals surface area contributed by atoms with Crippen LogP contribution in [0.1, 0.15) is 37.9 Å². The Kier molecular flexibility index (Phi) is 5.97. The molecule has 0 unspecified atom stereocenters. The van der Waals surface area contributed by atoms with Gasteiger partial charge in [-0.15, -0.1) is 0 Å². The zero-order valence-corrected chi connectivity index (χ0v) is 17.3. The number of anilines is 1. The summed E-state index contributed by atoms with van der Waals surface area (Å²) in [6.07, 6.45) is 6.61. The van der Waals surface area contributed by atoms with Crippen LogP contribution in [-0.2, 0) is 18.3 Å². The van der Waals surface area contributed by atoms with E-state index in [1.165, 1.54) is 19.3 Å². The average Bonchev–Trinajstić information content (AvgIpc) is 3.03. The molecule has 0 bridgehead atoms. The number of carbonyl (C=O) groups excluding carboxylic acids is 1. The first-order valence-corrected chi connectivity index (χ1v) is 10.8. The molecule has 2 aromatic rings. The Morgan fingerprint density at radius 2 is 1.86 bits per heavy atom. The standard InChI is InChI=1S/C22H33N5O/c1-25-12-14-27(15-13-25)11-10-21-24-19-16-18(8-9-20(19)26(21)2)23-22(28)17-6-4-3-5-7-17/h8-9,16-17H,3-7,10-15H2,1-2H3,(H,23,28). The fraction of sp³-hybridized carbons (Fsp3) is 0.636. The van der Waals surface area contributed by atoms with Crippen LogP contribution in [0.15, 0.2) is 18.2 Å². The molecule has 1 aliphatic heterocycles. The van der Waals surface area contributed by atoms with Crippen LogP contribution in [0.2, 0.25) is 0 Å². The van der Waals surface area contributed by atoms with Crippen molar-refractivity contribution >= 4 is 22.6 Å². The molecule has 2 aliphatic rings. The Morgan fingerprint density at radius 3 is 2.61 bits per heavy atom. The Bertz CT molecular complexity index is 816. The molecular weight excluding hydrogens is 350 g/mol. The summed E-state index contributed by atoms with van der Waals surface area (Å²) in [6.45, 7) is 5.62. The molecule has 1 saturated carbocycles. The summed E-state index contributed by atoms with van der Waals surface area (Å²) in [5.41, 5.74) is 2.97. The second kappa shape index (κ2) is 8.62. The Balaban J connectivity index is 1.41. The van der Waals surface area contributed by atoms with Crippen molar-refractivity contribution in [3.63, 3.8) is 0 Å². The van der Waals surface area contributed by atoms with Crippen LogP contribution in [0.25, 0.3) is 11.0 Å². The molecular formula is C22H33N5O. The Labute approximate surface area is 167 Å². The molecule has 6 nitrogen and oxygen atoms in total. The third-order valence-electron chi connectivity index (χ3n) is 6.46. The molecule has 1 aromatic heterocycles. The molecule has 1 aliphatic carbocycles. The third-order valence-corrected chi connectivity index (χ3v) is 6.46. The maximum absolute atomic E-state index is 12.5. The Hall–Kier alpha value is -1.92. The van der Waals surface area contributed by atoms with Gasteiger partial charge in [0.2, 0.25) is 5.91 Å². The van der Waals surface area contributed by atoms with Gasteiger partial charge >= 0.3 is 0 Å². The number of fused-ring (bicyclic) bond motifs is 1. The molecule has 1 N–H and O–H groups in total. The molecule has 1 aromatic carbocycles. The number of aromatic nitrogens is 2. The lowest BCUT2D eigenvalue weighted by Crippen LogP contribution is -2.45. The van der Waals surface area contributed by atoms with Crippen molar-refractivity contribution in [1.29, 1.82) is 0 Å². The minimum atomic E-state index is 0.172. The number of rotatable bonds is 5. The van der Waals surface area contributed by atoms with Crippen molar-refractivity contribution in [2.24, 2.45) is 13.0 Å². The largest absolute Gasteiger partial charge is 0.331 e. The summed E-state index contributed by atoms with van der Waals surface area (Å²) in [5, 5.41) is 3.12. The SMILES string of the molecule is CN1CCN(CCc2nc3cc(NC(=O)C4CCCCC4)ccc3n2C)CC1. The number of benzene rings is 1. The second-order valence-corrected chi connectivity index (χ2v) is 8.51. The van der Waals surface area contributed by atoms with Crippen molar-refractivity contribution in [2.45, 2.75) is 38.5 Å². The van der Waals surface area contributed by atoms with Gasteiger partial charge in [0.05, 0.1) is 11.0 Å². The lowest BCUT2D eigenvalue weighted by atomic mass is 9.88. The van der Waals surface area contributed by atoms with Crippen LogP contribution in [0.5, 0.6) is 0 Å². The summed E-state index contributed by atoms with van der Waals surface area (Å²) in [7, 11) is 4.28. The molecule has 1 amide bonds.